The van der Waals surface area contributed by atoms with Crippen molar-refractivity contribution in [2.45, 2.75) is 45.0 Å². The van der Waals surface area contributed by atoms with Crippen molar-refractivity contribution in [3.63, 3.8) is 0 Å². The number of benzene rings is 3. The molecule has 160 valence electrons. The number of fused-ring (bicyclic) bond motifs is 3. The Kier molecular flexibility index (Phi) is 5.99. The maximum atomic E-state index is 15.4. The summed E-state index contributed by atoms with van der Waals surface area (Å²) in [4.78, 5) is 0. The molecular formula is C27H24F4. The predicted molar refractivity (Wildman–Crippen MR) is 117 cm³/mol. The summed E-state index contributed by atoms with van der Waals surface area (Å²) < 4.78 is 60.5. The van der Waals surface area contributed by atoms with E-state index in [1.54, 1.807) is 36.4 Å². The summed E-state index contributed by atoms with van der Waals surface area (Å²) in [5, 5.41) is 0. The lowest BCUT2D eigenvalue weighted by molar-refractivity contribution is 0.160. The number of alkyl halides is 2. The SMILES string of the molecule is C=CCCc1ccc(-c2ccc3c(c2F)C(F)C(F)c2c-3ccc(CCC)c2F)cc1. The predicted octanol–water partition coefficient (Wildman–Crippen LogP) is 8.40. The van der Waals surface area contributed by atoms with Gasteiger partial charge in [0.15, 0.2) is 12.3 Å². The molecule has 0 aliphatic heterocycles. The molecule has 0 fully saturated rings. The van der Waals surface area contributed by atoms with E-state index < -0.39 is 24.0 Å². The topological polar surface area (TPSA) is 0 Å². The van der Waals surface area contributed by atoms with Gasteiger partial charge in [0.05, 0.1) is 0 Å². The molecule has 31 heavy (non-hydrogen) atoms. The molecule has 0 bridgehead atoms. The molecule has 2 unspecified atom stereocenters. The number of hydrogen-bond donors (Lipinski definition) is 0. The van der Waals surface area contributed by atoms with Crippen LogP contribution in [0.4, 0.5) is 17.6 Å². The molecule has 0 spiro atoms. The second kappa shape index (κ2) is 8.70. The van der Waals surface area contributed by atoms with Crippen LogP contribution in [-0.4, -0.2) is 0 Å². The van der Waals surface area contributed by atoms with Crippen LogP contribution < -0.4 is 0 Å². The van der Waals surface area contributed by atoms with Gasteiger partial charge in [-0.2, -0.15) is 0 Å². The van der Waals surface area contributed by atoms with E-state index in [4.69, 9.17) is 0 Å². The number of allylic oxidation sites excluding steroid dienone is 1. The largest absolute Gasteiger partial charge is 0.239 e. The summed E-state index contributed by atoms with van der Waals surface area (Å²) in [6, 6.07) is 13.6. The molecule has 0 N–H and O–H groups in total. The van der Waals surface area contributed by atoms with E-state index in [9.17, 15) is 4.39 Å². The van der Waals surface area contributed by atoms with Crippen LogP contribution in [0.1, 0.15) is 54.4 Å². The van der Waals surface area contributed by atoms with E-state index in [-0.39, 0.29) is 27.8 Å². The Morgan fingerprint density at radius 3 is 1.97 bits per heavy atom. The number of hydrogen-bond acceptors (Lipinski definition) is 0. The number of rotatable bonds is 6. The summed E-state index contributed by atoms with van der Waals surface area (Å²) in [5.41, 5.74) is 2.02. The standard InChI is InChI=1S/C27H24F4/c1-3-5-7-16-8-10-17(11-9-16)19-14-15-21-20-13-12-18(6-4-2)24(28)22(20)26(30)27(31)23(21)25(19)29/h3,8-15,26-27H,1,4-7H2,2H3. The zero-order valence-electron chi connectivity index (χ0n) is 17.4. The second-order valence-corrected chi connectivity index (χ2v) is 7.97. The van der Waals surface area contributed by atoms with Crippen LogP contribution in [-0.2, 0) is 12.8 Å². The summed E-state index contributed by atoms with van der Waals surface area (Å²) in [6.07, 6.45) is 0.112. The zero-order valence-corrected chi connectivity index (χ0v) is 17.4. The fraction of sp³-hybridized carbons (Fsp3) is 0.259. The lowest BCUT2D eigenvalue weighted by Crippen LogP contribution is -2.16. The Hall–Kier alpha value is -2.88. The Morgan fingerprint density at radius 2 is 1.35 bits per heavy atom. The summed E-state index contributed by atoms with van der Waals surface area (Å²) in [6.45, 7) is 5.59. The third-order valence-electron chi connectivity index (χ3n) is 5.96. The molecule has 0 nitrogen and oxygen atoms in total. The van der Waals surface area contributed by atoms with Crippen molar-refractivity contribution in [2.24, 2.45) is 0 Å². The van der Waals surface area contributed by atoms with Crippen LogP contribution in [0, 0.1) is 11.6 Å². The van der Waals surface area contributed by atoms with Gasteiger partial charge in [0.1, 0.15) is 11.6 Å². The molecule has 4 rings (SSSR count). The minimum atomic E-state index is -2.26. The van der Waals surface area contributed by atoms with Crippen molar-refractivity contribution in [1.29, 1.82) is 0 Å². The minimum absolute atomic E-state index is 0.204. The molecule has 0 aromatic heterocycles. The molecule has 0 saturated heterocycles. The van der Waals surface area contributed by atoms with Gasteiger partial charge in [-0.3, -0.25) is 0 Å². The summed E-state index contributed by atoms with van der Waals surface area (Å²) in [5.74, 6) is -1.52. The monoisotopic (exact) mass is 424 g/mol. The summed E-state index contributed by atoms with van der Waals surface area (Å²) in [7, 11) is 0. The molecule has 1 aliphatic carbocycles. The first-order chi connectivity index (χ1) is 15.0. The number of aryl methyl sites for hydroxylation is 2. The van der Waals surface area contributed by atoms with Crippen molar-refractivity contribution >= 4 is 0 Å². The van der Waals surface area contributed by atoms with E-state index in [1.807, 2.05) is 25.1 Å². The van der Waals surface area contributed by atoms with Gasteiger partial charge in [-0.25, -0.2) is 17.6 Å². The Labute approximate surface area is 180 Å². The molecule has 2 atom stereocenters. The van der Waals surface area contributed by atoms with Crippen LogP contribution >= 0.6 is 0 Å². The van der Waals surface area contributed by atoms with Gasteiger partial charge in [0.2, 0.25) is 0 Å². The first-order valence-corrected chi connectivity index (χ1v) is 10.6. The molecule has 1 aliphatic rings. The highest BCUT2D eigenvalue weighted by Crippen LogP contribution is 2.51. The molecular weight excluding hydrogens is 400 g/mol. The third-order valence-corrected chi connectivity index (χ3v) is 5.96. The Morgan fingerprint density at radius 1 is 0.774 bits per heavy atom. The van der Waals surface area contributed by atoms with Crippen LogP contribution in [0.3, 0.4) is 0 Å². The van der Waals surface area contributed by atoms with Crippen LogP contribution in [0.5, 0.6) is 0 Å². The minimum Gasteiger partial charge on any atom is -0.239 e. The molecule has 3 aromatic rings. The van der Waals surface area contributed by atoms with Crippen molar-refractivity contribution in [1.82, 2.24) is 0 Å². The molecule has 0 amide bonds. The third kappa shape index (κ3) is 3.69. The zero-order chi connectivity index (χ0) is 22.1. The molecule has 0 radical (unpaired) electrons. The fourth-order valence-electron chi connectivity index (χ4n) is 4.34. The lowest BCUT2D eigenvalue weighted by Gasteiger charge is -2.28. The van der Waals surface area contributed by atoms with Crippen LogP contribution in [0.25, 0.3) is 22.3 Å². The normalized spacial score (nSPS) is 17.2. The first kappa shape index (κ1) is 21.4. The molecule has 0 heterocycles. The van der Waals surface area contributed by atoms with Crippen molar-refractivity contribution in [2.75, 3.05) is 0 Å². The smallest absolute Gasteiger partial charge is 0.164 e. The van der Waals surface area contributed by atoms with E-state index in [0.29, 0.717) is 24.0 Å². The first-order valence-electron chi connectivity index (χ1n) is 10.6. The van der Waals surface area contributed by atoms with Gasteiger partial charge < -0.3 is 0 Å². The average Bonchev–Trinajstić information content (AvgIpc) is 2.78. The fourth-order valence-corrected chi connectivity index (χ4v) is 4.34. The van der Waals surface area contributed by atoms with Crippen molar-refractivity contribution < 1.29 is 17.6 Å². The molecule has 3 aromatic carbocycles. The molecule has 0 saturated carbocycles. The molecule has 4 heteroatoms. The quantitative estimate of drug-likeness (QED) is 0.275. The van der Waals surface area contributed by atoms with Crippen LogP contribution in [0.15, 0.2) is 61.2 Å². The van der Waals surface area contributed by atoms with Gasteiger partial charge in [0.25, 0.3) is 0 Å². The average molecular weight is 424 g/mol. The second-order valence-electron chi connectivity index (χ2n) is 7.97. The Balaban J connectivity index is 1.81. The van der Waals surface area contributed by atoms with Gasteiger partial charge in [-0.1, -0.05) is 68.0 Å². The number of halogens is 4. The lowest BCUT2D eigenvalue weighted by atomic mass is 9.80. The van der Waals surface area contributed by atoms with Crippen LogP contribution in [0.2, 0.25) is 0 Å². The van der Waals surface area contributed by atoms with Crippen molar-refractivity contribution in [3.05, 3.63) is 95.1 Å². The summed E-state index contributed by atoms with van der Waals surface area (Å²) >= 11 is 0. The Bertz CT molecular complexity index is 1120. The van der Waals surface area contributed by atoms with Crippen molar-refractivity contribution in [3.8, 4) is 22.3 Å². The highest BCUT2D eigenvalue weighted by molar-refractivity contribution is 5.79. The highest BCUT2D eigenvalue weighted by Gasteiger charge is 2.39. The van der Waals surface area contributed by atoms with Gasteiger partial charge >= 0.3 is 0 Å². The maximum absolute atomic E-state index is 15.4. The van der Waals surface area contributed by atoms with Gasteiger partial charge in [-0.05, 0) is 47.1 Å². The van der Waals surface area contributed by atoms with E-state index in [1.165, 1.54) is 0 Å². The van der Waals surface area contributed by atoms with E-state index >= 15 is 13.2 Å². The maximum Gasteiger partial charge on any atom is 0.164 e. The van der Waals surface area contributed by atoms with Gasteiger partial charge in [0, 0.05) is 16.7 Å². The van der Waals surface area contributed by atoms with E-state index in [0.717, 1.165) is 18.4 Å². The van der Waals surface area contributed by atoms with Gasteiger partial charge in [-0.15, -0.1) is 6.58 Å². The highest BCUT2D eigenvalue weighted by atomic mass is 19.2. The van der Waals surface area contributed by atoms with E-state index in [2.05, 4.69) is 6.58 Å².